The van der Waals surface area contributed by atoms with Gasteiger partial charge >= 0.3 is 0 Å². The Morgan fingerprint density at radius 1 is 1.17 bits per heavy atom. The van der Waals surface area contributed by atoms with Crippen LogP contribution in [0.15, 0.2) is 29.2 Å². The van der Waals surface area contributed by atoms with Crippen LogP contribution < -0.4 is 0 Å². The fraction of sp³-hybridized carbons (Fsp3) is 0.562. The third-order valence-electron chi connectivity index (χ3n) is 2.98. The van der Waals surface area contributed by atoms with E-state index in [0.717, 1.165) is 18.6 Å². The number of carbonyl (C=O) groups excluding carboxylic acids is 1. The van der Waals surface area contributed by atoms with Gasteiger partial charge in [0.25, 0.3) is 0 Å². The van der Waals surface area contributed by atoms with Gasteiger partial charge in [-0.2, -0.15) is 0 Å². The van der Waals surface area contributed by atoms with Crippen molar-refractivity contribution < 1.29 is 4.79 Å². The zero-order valence-corrected chi connectivity index (χ0v) is 12.8. The largest absolute Gasteiger partial charge is 0.300 e. The molecule has 2 heteroatoms. The van der Waals surface area contributed by atoms with Crippen molar-refractivity contribution in [2.45, 2.75) is 57.3 Å². The monoisotopic (exact) mass is 264 g/mol. The van der Waals surface area contributed by atoms with E-state index in [9.17, 15) is 4.79 Å². The van der Waals surface area contributed by atoms with Gasteiger partial charge in [0.05, 0.1) is 0 Å². The van der Waals surface area contributed by atoms with Gasteiger partial charge in [-0.25, -0.2) is 0 Å². The topological polar surface area (TPSA) is 17.1 Å². The molecule has 0 aromatic heterocycles. The Bertz CT molecular complexity index is 373. The molecule has 1 aromatic rings. The summed E-state index contributed by atoms with van der Waals surface area (Å²) in [7, 11) is 0. The van der Waals surface area contributed by atoms with Gasteiger partial charge in [0.2, 0.25) is 0 Å². The fourth-order valence-corrected chi connectivity index (χ4v) is 2.54. The van der Waals surface area contributed by atoms with Gasteiger partial charge in [-0.05, 0) is 35.3 Å². The van der Waals surface area contributed by atoms with Gasteiger partial charge in [0.15, 0.2) is 0 Å². The minimum Gasteiger partial charge on any atom is -0.300 e. The lowest BCUT2D eigenvalue weighted by atomic mass is 9.87. The minimum atomic E-state index is 0.219. The highest BCUT2D eigenvalue weighted by Gasteiger charge is 2.12. The number of benzene rings is 1. The maximum Gasteiger partial charge on any atom is 0.132 e. The van der Waals surface area contributed by atoms with E-state index < -0.39 is 0 Å². The van der Waals surface area contributed by atoms with E-state index in [-0.39, 0.29) is 5.41 Å². The summed E-state index contributed by atoms with van der Waals surface area (Å²) in [4.78, 5) is 12.5. The molecule has 0 aliphatic carbocycles. The van der Waals surface area contributed by atoms with Crippen LogP contribution in [0.5, 0.6) is 0 Å². The van der Waals surface area contributed by atoms with Crippen molar-refractivity contribution in [3.63, 3.8) is 0 Å². The lowest BCUT2D eigenvalue weighted by Crippen LogP contribution is -2.10. The Morgan fingerprint density at radius 2 is 1.78 bits per heavy atom. The molecule has 18 heavy (non-hydrogen) atoms. The first-order valence-corrected chi connectivity index (χ1v) is 7.67. The average Bonchev–Trinajstić information content (AvgIpc) is 2.33. The van der Waals surface area contributed by atoms with Crippen molar-refractivity contribution in [3.8, 4) is 0 Å². The molecule has 1 rings (SSSR count). The zero-order valence-electron chi connectivity index (χ0n) is 12.0. The predicted octanol–water partition coefficient (Wildman–Crippen LogP) is 4.84. The Kier molecular flexibility index (Phi) is 5.94. The molecular formula is C16H24OS. The second-order valence-electron chi connectivity index (χ2n) is 5.62. The highest BCUT2D eigenvalue weighted by molar-refractivity contribution is 7.99. The smallest absolute Gasteiger partial charge is 0.132 e. The summed E-state index contributed by atoms with van der Waals surface area (Å²) in [6.45, 7) is 8.61. The Labute approximate surface area is 115 Å². The van der Waals surface area contributed by atoms with Gasteiger partial charge in [-0.3, -0.25) is 4.79 Å². The molecule has 100 valence electrons. The third-order valence-corrected chi connectivity index (χ3v) is 4.08. The molecule has 0 bridgehead atoms. The summed E-state index contributed by atoms with van der Waals surface area (Å²) in [5.74, 6) is 1.40. The van der Waals surface area contributed by atoms with E-state index in [2.05, 4.69) is 45.0 Å². The standard InChI is InChI=1S/C16H24OS/c1-5-14(17)7-6-12-18-15-10-8-13(9-11-15)16(2,3)4/h8-11H,5-7,12H2,1-4H3. The zero-order chi connectivity index (χ0) is 13.6. The molecular weight excluding hydrogens is 240 g/mol. The molecule has 0 aliphatic rings. The van der Waals surface area contributed by atoms with Crippen LogP contribution in [0, 0.1) is 0 Å². The molecule has 1 nitrogen and oxygen atoms in total. The van der Waals surface area contributed by atoms with Crippen molar-refractivity contribution in [1.29, 1.82) is 0 Å². The number of carbonyl (C=O) groups is 1. The van der Waals surface area contributed by atoms with Crippen molar-refractivity contribution in [1.82, 2.24) is 0 Å². The van der Waals surface area contributed by atoms with Gasteiger partial charge in [0, 0.05) is 17.7 Å². The van der Waals surface area contributed by atoms with E-state index in [1.54, 1.807) is 0 Å². The summed E-state index contributed by atoms with van der Waals surface area (Å²) in [6, 6.07) is 8.79. The number of thioether (sulfide) groups is 1. The van der Waals surface area contributed by atoms with Crippen molar-refractivity contribution in [3.05, 3.63) is 29.8 Å². The first-order chi connectivity index (χ1) is 8.43. The van der Waals surface area contributed by atoms with Crippen LogP contribution in [0.1, 0.15) is 52.5 Å². The number of ketones is 1. The molecule has 0 fully saturated rings. The van der Waals surface area contributed by atoms with Crippen molar-refractivity contribution in [2.75, 3.05) is 5.75 Å². The molecule has 0 saturated carbocycles. The van der Waals surface area contributed by atoms with Crippen LogP contribution in [0.2, 0.25) is 0 Å². The lowest BCUT2D eigenvalue weighted by molar-refractivity contribution is -0.118. The second kappa shape index (κ2) is 6.98. The minimum absolute atomic E-state index is 0.219. The molecule has 0 radical (unpaired) electrons. The molecule has 0 N–H and O–H groups in total. The van der Waals surface area contributed by atoms with Crippen LogP contribution in [-0.2, 0) is 10.2 Å². The Morgan fingerprint density at radius 3 is 2.28 bits per heavy atom. The second-order valence-corrected chi connectivity index (χ2v) is 6.79. The molecule has 0 spiro atoms. The molecule has 0 aliphatic heterocycles. The van der Waals surface area contributed by atoms with Crippen LogP contribution in [0.25, 0.3) is 0 Å². The predicted molar refractivity (Wildman–Crippen MR) is 80.4 cm³/mol. The molecule has 1 aromatic carbocycles. The Balaban J connectivity index is 2.38. The maximum atomic E-state index is 11.2. The van der Waals surface area contributed by atoms with Crippen LogP contribution in [-0.4, -0.2) is 11.5 Å². The first-order valence-electron chi connectivity index (χ1n) is 6.68. The summed E-state index contributed by atoms with van der Waals surface area (Å²) in [5.41, 5.74) is 1.59. The molecule has 0 saturated heterocycles. The molecule has 0 atom stereocenters. The third kappa shape index (κ3) is 5.26. The summed E-state index contributed by atoms with van der Waals surface area (Å²) in [6.07, 6.45) is 2.38. The van der Waals surface area contributed by atoms with E-state index in [1.165, 1.54) is 10.5 Å². The summed E-state index contributed by atoms with van der Waals surface area (Å²) in [5, 5.41) is 0. The summed E-state index contributed by atoms with van der Waals surface area (Å²) >= 11 is 1.84. The maximum absolute atomic E-state index is 11.2. The Hall–Kier alpha value is -0.760. The number of hydrogen-bond donors (Lipinski definition) is 0. The highest BCUT2D eigenvalue weighted by atomic mass is 32.2. The molecule has 0 unspecified atom stereocenters. The first kappa shape index (κ1) is 15.3. The molecule has 0 amide bonds. The quantitative estimate of drug-likeness (QED) is 0.540. The van der Waals surface area contributed by atoms with E-state index >= 15 is 0 Å². The van der Waals surface area contributed by atoms with Crippen molar-refractivity contribution in [2.24, 2.45) is 0 Å². The highest BCUT2D eigenvalue weighted by Crippen LogP contribution is 2.26. The SMILES string of the molecule is CCC(=O)CCCSc1ccc(C(C)(C)C)cc1. The van der Waals surface area contributed by atoms with Gasteiger partial charge in [0.1, 0.15) is 5.78 Å². The number of hydrogen-bond acceptors (Lipinski definition) is 2. The van der Waals surface area contributed by atoms with Crippen LogP contribution in [0.4, 0.5) is 0 Å². The van der Waals surface area contributed by atoms with E-state index in [1.807, 2.05) is 18.7 Å². The fourth-order valence-electron chi connectivity index (χ4n) is 1.69. The van der Waals surface area contributed by atoms with E-state index in [4.69, 9.17) is 0 Å². The van der Waals surface area contributed by atoms with Crippen LogP contribution >= 0.6 is 11.8 Å². The number of rotatable bonds is 6. The lowest BCUT2D eigenvalue weighted by Gasteiger charge is -2.19. The van der Waals surface area contributed by atoms with Gasteiger partial charge in [-0.1, -0.05) is 39.8 Å². The van der Waals surface area contributed by atoms with Gasteiger partial charge < -0.3 is 0 Å². The van der Waals surface area contributed by atoms with Gasteiger partial charge in [-0.15, -0.1) is 11.8 Å². The number of Topliss-reactive ketones (excluding diaryl/α,β-unsaturated/α-hetero) is 1. The average molecular weight is 264 g/mol. The van der Waals surface area contributed by atoms with Crippen molar-refractivity contribution >= 4 is 17.5 Å². The van der Waals surface area contributed by atoms with Crippen LogP contribution in [0.3, 0.4) is 0 Å². The normalized spacial score (nSPS) is 11.6. The molecule has 0 heterocycles. The van der Waals surface area contributed by atoms with E-state index in [0.29, 0.717) is 12.2 Å². The summed E-state index contributed by atoms with van der Waals surface area (Å²) < 4.78 is 0.